The number of carbonyl (C=O) groups excluding carboxylic acids is 1. The fourth-order valence-corrected chi connectivity index (χ4v) is 1.23. The number of amides is 1. The zero-order valence-corrected chi connectivity index (χ0v) is 9.97. The molecule has 0 aliphatic carbocycles. The monoisotopic (exact) mass is 248 g/mol. The van der Waals surface area contributed by atoms with E-state index in [0.717, 1.165) is 0 Å². The van der Waals surface area contributed by atoms with Gasteiger partial charge in [-0.1, -0.05) is 5.16 Å². The number of nitrogens with one attached hydrogen (secondary N) is 2. The van der Waals surface area contributed by atoms with Gasteiger partial charge in [0.05, 0.1) is 18.9 Å². The molecule has 0 radical (unpaired) electrons. The molecule has 0 saturated heterocycles. The van der Waals surface area contributed by atoms with Crippen molar-refractivity contribution >= 4 is 11.7 Å². The average Bonchev–Trinajstić information content (AvgIpc) is 2.82. The Balaban J connectivity index is 1.94. The number of rotatable bonds is 4. The van der Waals surface area contributed by atoms with Gasteiger partial charge >= 0.3 is 0 Å². The Morgan fingerprint density at radius 3 is 2.78 bits per heavy atom. The zero-order valence-electron chi connectivity index (χ0n) is 9.97. The molecule has 18 heavy (non-hydrogen) atoms. The average molecular weight is 248 g/mol. The first-order valence-corrected chi connectivity index (χ1v) is 5.26. The number of aromatic nitrogens is 4. The van der Waals surface area contributed by atoms with E-state index in [4.69, 9.17) is 4.52 Å². The molecule has 0 unspecified atom stereocenters. The topological polar surface area (TPSA) is 106 Å². The minimum Gasteiger partial charge on any atom is -0.372 e. The van der Waals surface area contributed by atoms with Crippen LogP contribution in [0, 0.1) is 6.92 Å². The van der Waals surface area contributed by atoms with Crippen molar-refractivity contribution in [1.29, 1.82) is 0 Å². The highest BCUT2D eigenvalue weighted by molar-refractivity contribution is 5.91. The number of anilines is 1. The molecule has 0 aliphatic heterocycles. The van der Waals surface area contributed by atoms with Gasteiger partial charge < -0.3 is 15.2 Å². The standard InChI is InChI=1S/C10H12N6O2/c1-6-15-9(18-16-6)5-14-10(17)7-3-13-8(11-2)4-12-7/h3-4H,5H2,1-2H3,(H,11,13)(H,14,17). The summed E-state index contributed by atoms with van der Waals surface area (Å²) in [4.78, 5) is 23.6. The Morgan fingerprint density at radius 1 is 1.39 bits per heavy atom. The molecule has 0 atom stereocenters. The van der Waals surface area contributed by atoms with E-state index in [1.54, 1.807) is 14.0 Å². The minimum atomic E-state index is -0.346. The van der Waals surface area contributed by atoms with Crippen LogP contribution in [0.3, 0.4) is 0 Å². The third kappa shape index (κ3) is 2.78. The van der Waals surface area contributed by atoms with Crippen LogP contribution in [-0.4, -0.2) is 33.1 Å². The second-order valence-electron chi connectivity index (χ2n) is 3.45. The quantitative estimate of drug-likeness (QED) is 0.792. The Morgan fingerprint density at radius 2 is 2.22 bits per heavy atom. The van der Waals surface area contributed by atoms with E-state index < -0.39 is 0 Å². The Kier molecular flexibility index (Phi) is 3.46. The Labute approximate surface area is 103 Å². The van der Waals surface area contributed by atoms with Crippen LogP contribution < -0.4 is 10.6 Å². The lowest BCUT2D eigenvalue weighted by Gasteiger charge is -2.02. The first kappa shape index (κ1) is 12.0. The lowest BCUT2D eigenvalue weighted by Crippen LogP contribution is -2.24. The number of hydrogen-bond donors (Lipinski definition) is 2. The molecule has 0 fully saturated rings. The number of aryl methyl sites for hydroxylation is 1. The molecule has 2 aromatic rings. The van der Waals surface area contributed by atoms with E-state index in [9.17, 15) is 4.79 Å². The van der Waals surface area contributed by atoms with Crippen molar-refractivity contribution in [3.05, 3.63) is 29.8 Å². The van der Waals surface area contributed by atoms with Crippen LogP contribution in [0.25, 0.3) is 0 Å². The summed E-state index contributed by atoms with van der Waals surface area (Å²) in [5, 5.41) is 9.04. The summed E-state index contributed by atoms with van der Waals surface area (Å²) in [6.07, 6.45) is 2.87. The molecule has 94 valence electrons. The van der Waals surface area contributed by atoms with Gasteiger partial charge in [-0.25, -0.2) is 9.97 Å². The van der Waals surface area contributed by atoms with Gasteiger partial charge in [-0.3, -0.25) is 4.79 Å². The molecule has 0 aromatic carbocycles. The van der Waals surface area contributed by atoms with Crippen LogP contribution in [0.4, 0.5) is 5.82 Å². The first-order chi connectivity index (χ1) is 8.69. The van der Waals surface area contributed by atoms with Crippen molar-refractivity contribution in [2.24, 2.45) is 0 Å². The van der Waals surface area contributed by atoms with Crippen molar-refractivity contribution < 1.29 is 9.32 Å². The van der Waals surface area contributed by atoms with Crippen LogP contribution in [-0.2, 0) is 6.54 Å². The molecule has 2 N–H and O–H groups in total. The summed E-state index contributed by atoms with van der Waals surface area (Å²) < 4.78 is 4.87. The minimum absolute atomic E-state index is 0.162. The molecule has 0 spiro atoms. The van der Waals surface area contributed by atoms with Gasteiger partial charge in [-0.15, -0.1) is 0 Å². The van der Waals surface area contributed by atoms with Crippen molar-refractivity contribution in [1.82, 2.24) is 25.4 Å². The van der Waals surface area contributed by atoms with Crippen LogP contribution in [0.2, 0.25) is 0 Å². The maximum Gasteiger partial charge on any atom is 0.271 e. The SMILES string of the molecule is CNc1cnc(C(=O)NCc2nc(C)no2)cn1. The number of nitrogens with zero attached hydrogens (tertiary/aromatic N) is 4. The van der Waals surface area contributed by atoms with E-state index in [0.29, 0.717) is 17.5 Å². The van der Waals surface area contributed by atoms with E-state index in [1.165, 1.54) is 12.4 Å². The molecular formula is C10H12N6O2. The van der Waals surface area contributed by atoms with Crippen LogP contribution in [0.5, 0.6) is 0 Å². The van der Waals surface area contributed by atoms with E-state index in [2.05, 4.69) is 30.7 Å². The molecule has 8 heteroatoms. The second-order valence-corrected chi connectivity index (χ2v) is 3.45. The predicted molar refractivity (Wildman–Crippen MR) is 61.8 cm³/mol. The molecule has 0 bridgehead atoms. The molecular weight excluding hydrogens is 236 g/mol. The maximum absolute atomic E-state index is 11.7. The fourth-order valence-electron chi connectivity index (χ4n) is 1.23. The van der Waals surface area contributed by atoms with Crippen molar-refractivity contribution in [3.63, 3.8) is 0 Å². The maximum atomic E-state index is 11.7. The molecule has 8 nitrogen and oxygen atoms in total. The summed E-state index contributed by atoms with van der Waals surface area (Å²) in [5.74, 6) is 1.12. The second kappa shape index (κ2) is 5.21. The summed E-state index contributed by atoms with van der Waals surface area (Å²) in [7, 11) is 1.72. The fraction of sp³-hybridized carbons (Fsp3) is 0.300. The van der Waals surface area contributed by atoms with E-state index >= 15 is 0 Å². The van der Waals surface area contributed by atoms with Crippen LogP contribution >= 0.6 is 0 Å². The van der Waals surface area contributed by atoms with Gasteiger partial charge in [0.2, 0.25) is 5.89 Å². The van der Waals surface area contributed by atoms with E-state index in [1.807, 2.05) is 0 Å². The normalized spacial score (nSPS) is 10.1. The highest BCUT2D eigenvalue weighted by atomic mass is 16.5. The lowest BCUT2D eigenvalue weighted by molar-refractivity contribution is 0.0941. The van der Waals surface area contributed by atoms with E-state index in [-0.39, 0.29) is 18.1 Å². The molecule has 0 saturated carbocycles. The Bertz CT molecular complexity index is 536. The lowest BCUT2D eigenvalue weighted by atomic mass is 10.4. The third-order valence-corrected chi connectivity index (χ3v) is 2.11. The van der Waals surface area contributed by atoms with Gasteiger partial charge in [-0.2, -0.15) is 4.98 Å². The van der Waals surface area contributed by atoms with Gasteiger partial charge in [0.25, 0.3) is 5.91 Å². The third-order valence-electron chi connectivity index (χ3n) is 2.11. The molecule has 2 aromatic heterocycles. The van der Waals surface area contributed by atoms with Crippen molar-refractivity contribution in [3.8, 4) is 0 Å². The van der Waals surface area contributed by atoms with Crippen LogP contribution in [0.1, 0.15) is 22.2 Å². The largest absolute Gasteiger partial charge is 0.372 e. The highest BCUT2D eigenvalue weighted by Crippen LogP contribution is 2.00. The number of carbonyl (C=O) groups is 1. The molecule has 0 aliphatic rings. The van der Waals surface area contributed by atoms with Gasteiger partial charge in [0, 0.05) is 7.05 Å². The van der Waals surface area contributed by atoms with Gasteiger partial charge in [0.1, 0.15) is 11.5 Å². The summed E-state index contributed by atoms with van der Waals surface area (Å²) in [6.45, 7) is 1.87. The summed E-state index contributed by atoms with van der Waals surface area (Å²) in [6, 6.07) is 0. The molecule has 2 rings (SSSR count). The highest BCUT2D eigenvalue weighted by Gasteiger charge is 2.09. The predicted octanol–water partition coefficient (Wildman–Crippen LogP) is 0.140. The van der Waals surface area contributed by atoms with Crippen LogP contribution in [0.15, 0.2) is 16.9 Å². The first-order valence-electron chi connectivity index (χ1n) is 5.26. The van der Waals surface area contributed by atoms with Gasteiger partial charge in [-0.05, 0) is 6.92 Å². The van der Waals surface area contributed by atoms with Crippen molar-refractivity contribution in [2.45, 2.75) is 13.5 Å². The van der Waals surface area contributed by atoms with Crippen molar-refractivity contribution in [2.75, 3.05) is 12.4 Å². The summed E-state index contributed by atoms with van der Waals surface area (Å²) in [5.41, 5.74) is 0.227. The molecule has 2 heterocycles. The molecule has 1 amide bonds. The zero-order chi connectivity index (χ0) is 13.0. The number of hydrogen-bond acceptors (Lipinski definition) is 7. The smallest absolute Gasteiger partial charge is 0.271 e. The summed E-state index contributed by atoms with van der Waals surface area (Å²) >= 11 is 0. The Hall–Kier alpha value is -2.51. The van der Waals surface area contributed by atoms with Gasteiger partial charge in [0.15, 0.2) is 5.82 Å².